The highest BCUT2D eigenvalue weighted by molar-refractivity contribution is 5.02. The Balaban J connectivity index is 2.50. The van der Waals surface area contributed by atoms with Crippen LogP contribution in [0.3, 0.4) is 0 Å². The van der Waals surface area contributed by atoms with Crippen molar-refractivity contribution in [1.29, 1.82) is 0 Å². The lowest BCUT2D eigenvalue weighted by atomic mass is 9.90. The molecule has 1 heterocycles. The molecule has 16 heteroatoms. The number of nitrogens with two attached hydrogens (primary N) is 1. The van der Waals surface area contributed by atoms with Gasteiger partial charge in [-0.25, -0.2) is 0 Å². The van der Waals surface area contributed by atoms with Gasteiger partial charge in [0.1, 0.15) is 18.3 Å². The van der Waals surface area contributed by atoms with Crippen molar-refractivity contribution < 1.29 is 75.9 Å². The van der Waals surface area contributed by atoms with E-state index in [0.29, 0.717) is 19.4 Å². The van der Waals surface area contributed by atoms with Crippen LogP contribution in [0.25, 0.3) is 0 Å². The van der Waals surface area contributed by atoms with Crippen molar-refractivity contribution in [2.75, 3.05) is 6.54 Å². The van der Waals surface area contributed by atoms with E-state index in [1.54, 1.807) is 31.2 Å². The highest BCUT2D eigenvalue weighted by Crippen LogP contribution is 2.28. The van der Waals surface area contributed by atoms with Crippen molar-refractivity contribution in [1.82, 2.24) is 0 Å². The number of ether oxygens (including phenoxy) is 2. The number of allylic oxidation sites excluding steroid dienone is 3. The van der Waals surface area contributed by atoms with E-state index in [9.17, 15) is 66.4 Å². The van der Waals surface area contributed by atoms with Crippen LogP contribution in [0.5, 0.6) is 0 Å². The van der Waals surface area contributed by atoms with Gasteiger partial charge in [0.25, 0.3) is 0 Å². The summed E-state index contributed by atoms with van der Waals surface area (Å²) in [4.78, 5) is 0. The molecule has 1 aliphatic heterocycles. The van der Waals surface area contributed by atoms with Crippen LogP contribution < -0.4 is 5.73 Å². The van der Waals surface area contributed by atoms with Crippen LogP contribution in [-0.2, 0) is 9.47 Å². The van der Waals surface area contributed by atoms with Crippen molar-refractivity contribution in [3.05, 3.63) is 48.6 Å². The number of hydrogen-bond acceptors (Lipinski definition) is 16. The fourth-order valence-electron chi connectivity index (χ4n) is 6.64. The molecule has 1 fully saturated rings. The third-order valence-electron chi connectivity index (χ3n) is 10.1. The maximum absolute atomic E-state index is 11.0. The Labute approximate surface area is 337 Å². The Morgan fingerprint density at radius 2 is 1.09 bits per heavy atom. The smallest absolute Gasteiger partial charge is 0.186 e. The zero-order valence-electron chi connectivity index (χ0n) is 33.8. The van der Waals surface area contributed by atoms with E-state index in [2.05, 4.69) is 0 Å². The van der Waals surface area contributed by atoms with E-state index in [4.69, 9.17) is 15.2 Å². The molecule has 1 saturated heterocycles. The molecule has 0 aromatic rings. The summed E-state index contributed by atoms with van der Waals surface area (Å²) in [5.41, 5.74) is 5.42. The molecule has 15 N–H and O–H groups in total. The van der Waals surface area contributed by atoms with E-state index in [0.717, 1.165) is 0 Å². The molecule has 0 aromatic heterocycles. The van der Waals surface area contributed by atoms with Crippen molar-refractivity contribution in [2.24, 2.45) is 11.7 Å². The summed E-state index contributed by atoms with van der Waals surface area (Å²) in [5, 5.41) is 134. The molecule has 334 valence electrons. The molecule has 17 unspecified atom stereocenters. The predicted octanol–water partition coefficient (Wildman–Crippen LogP) is -0.671. The summed E-state index contributed by atoms with van der Waals surface area (Å²) < 4.78 is 11.6. The average Bonchev–Trinajstić information content (AvgIpc) is 3.12. The maximum atomic E-state index is 11.0. The summed E-state index contributed by atoms with van der Waals surface area (Å²) in [6.07, 6.45) is -3.00. The van der Waals surface area contributed by atoms with Gasteiger partial charge < -0.3 is 81.6 Å². The zero-order valence-corrected chi connectivity index (χ0v) is 33.8. The molecule has 0 aliphatic carbocycles. The Hall–Kier alpha value is -1.68. The second-order valence-corrected chi connectivity index (χ2v) is 15.6. The molecule has 0 aromatic carbocycles. The summed E-state index contributed by atoms with van der Waals surface area (Å²) in [6, 6.07) is 0. The minimum absolute atomic E-state index is 0.0656. The SMILES string of the molecule is CC=CC=CCC(OC1OC(C)C(O)C(O)C1O)C(C)C(O)CC(O)CC(O)CC(O)C=CCC(O)CC(O)CC(O)CC(O)C=CCC(O)CC(O)CCCN. The molecule has 57 heavy (non-hydrogen) atoms. The topological polar surface area (TPSA) is 307 Å². The third-order valence-corrected chi connectivity index (χ3v) is 10.1. The Kier molecular flexibility index (Phi) is 27.6. The van der Waals surface area contributed by atoms with Crippen LogP contribution >= 0.6 is 0 Å². The van der Waals surface area contributed by atoms with Gasteiger partial charge in [0.2, 0.25) is 0 Å². The van der Waals surface area contributed by atoms with Gasteiger partial charge in [-0.05, 0) is 84.6 Å². The predicted molar refractivity (Wildman–Crippen MR) is 213 cm³/mol. The molecular formula is C41H75NO15. The quantitative estimate of drug-likeness (QED) is 0.0316. The van der Waals surface area contributed by atoms with Crippen LogP contribution in [-0.4, -0.2) is 171 Å². The molecule has 16 nitrogen and oxygen atoms in total. The summed E-state index contributed by atoms with van der Waals surface area (Å²) in [6.45, 7) is 5.52. The standard InChI is InChI=1S/C41H75NO15/c1-4-5-6-7-16-37(57-41-40(55)39(54)38(53)26(3)56-41)25(2)36(52)24-35(51)23-34(50)21-30(46)14-9-13-29(45)20-33(49)22-32(48)19-28(44)12-8-11-27(43)18-31(47)15-10-17-42/h4-9,12,14,25-41,43-55H,10-11,13,15-24,42H2,1-3H3. The highest BCUT2D eigenvalue weighted by atomic mass is 16.7. The molecular weight excluding hydrogens is 746 g/mol. The molecule has 0 radical (unpaired) electrons. The second-order valence-electron chi connectivity index (χ2n) is 15.6. The lowest BCUT2D eigenvalue weighted by Gasteiger charge is -2.41. The first-order chi connectivity index (χ1) is 26.9. The molecule has 1 rings (SSSR count). The van der Waals surface area contributed by atoms with E-state index in [-0.39, 0.29) is 64.2 Å². The minimum Gasteiger partial charge on any atom is -0.393 e. The monoisotopic (exact) mass is 822 g/mol. The third kappa shape index (κ3) is 23.0. The second kappa shape index (κ2) is 29.5. The number of aliphatic hydroxyl groups is 13. The largest absolute Gasteiger partial charge is 0.393 e. The fourth-order valence-corrected chi connectivity index (χ4v) is 6.64. The normalized spacial score (nSPS) is 27.4. The zero-order chi connectivity index (χ0) is 43.1. The summed E-state index contributed by atoms with van der Waals surface area (Å²) in [5.74, 6) is -0.609. The highest BCUT2D eigenvalue weighted by Gasteiger charge is 2.44. The summed E-state index contributed by atoms with van der Waals surface area (Å²) >= 11 is 0. The van der Waals surface area contributed by atoms with Gasteiger partial charge in [-0.1, -0.05) is 55.5 Å². The lowest BCUT2D eigenvalue weighted by Crippen LogP contribution is -2.58. The van der Waals surface area contributed by atoms with Crippen LogP contribution in [0.4, 0.5) is 0 Å². The summed E-state index contributed by atoms with van der Waals surface area (Å²) in [7, 11) is 0. The Morgan fingerprint density at radius 1 is 0.596 bits per heavy atom. The van der Waals surface area contributed by atoms with Gasteiger partial charge in [-0.2, -0.15) is 0 Å². The number of aliphatic hydroxyl groups excluding tert-OH is 13. The molecule has 1 aliphatic rings. The van der Waals surface area contributed by atoms with Gasteiger partial charge in [0.05, 0.1) is 73.2 Å². The number of hydrogen-bond donors (Lipinski definition) is 14. The van der Waals surface area contributed by atoms with E-state index in [1.807, 2.05) is 13.0 Å². The van der Waals surface area contributed by atoms with Crippen LogP contribution in [0.2, 0.25) is 0 Å². The van der Waals surface area contributed by atoms with Crippen LogP contribution in [0.1, 0.15) is 97.8 Å². The Morgan fingerprint density at radius 3 is 1.61 bits per heavy atom. The lowest BCUT2D eigenvalue weighted by molar-refractivity contribution is -0.309. The fraction of sp³-hybridized carbons (Fsp3) is 0.805. The molecule has 0 spiro atoms. The maximum Gasteiger partial charge on any atom is 0.186 e. The van der Waals surface area contributed by atoms with Crippen LogP contribution in [0.15, 0.2) is 48.6 Å². The molecule has 0 amide bonds. The molecule has 0 saturated carbocycles. The average molecular weight is 822 g/mol. The van der Waals surface area contributed by atoms with E-state index < -0.39 is 104 Å². The molecule has 0 bridgehead atoms. The van der Waals surface area contributed by atoms with Crippen molar-refractivity contribution in [3.8, 4) is 0 Å². The van der Waals surface area contributed by atoms with Crippen LogP contribution in [0, 0.1) is 5.92 Å². The van der Waals surface area contributed by atoms with Crippen molar-refractivity contribution in [2.45, 2.75) is 196 Å². The number of rotatable bonds is 30. The first-order valence-electron chi connectivity index (χ1n) is 20.3. The first-order valence-corrected chi connectivity index (χ1v) is 20.3. The van der Waals surface area contributed by atoms with E-state index in [1.165, 1.54) is 25.2 Å². The van der Waals surface area contributed by atoms with Gasteiger partial charge in [0, 0.05) is 18.8 Å². The first kappa shape index (κ1) is 53.3. The minimum atomic E-state index is -1.54. The van der Waals surface area contributed by atoms with Gasteiger partial charge in [-0.3, -0.25) is 0 Å². The molecule has 17 atom stereocenters. The Bertz CT molecular complexity index is 1140. The van der Waals surface area contributed by atoms with Gasteiger partial charge in [-0.15, -0.1) is 0 Å². The van der Waals surface area contributed by atoms with Crippen molar-refractivity contribution >= 4 is 0 Å². The van der Waals surface area contributed by atoms with Crippen molar-refractivity contribution in [3.63, 3.8) is 0 Å². The van der Waals surface area contributed by atoms with Gasteiger partial charge >= 0.3 is 0 Å². The van der Waals surface area contributed by atoms with Gasteiger partial charge in [0.15, 0.2) is 6.29 Å². The van der Waals surface area contributed by atoms with E-state index >= 15 is 0 Å².